The topological polar surface area (TPSA) is 22.1 Å². The van der Waals surface area contributed by atoms with E-state index in [1.807, 2.05) is 0 Å². The average molecular weight is 287 g/mol. The summed E-state index contributed by atoms with van der Waals surface area (Å²) in [6.45, 7) is 8.70. The van der Waals surface area contributed by atoms with Crippen molar-refractivity contribution in [1.82, 2.24) is 12.6 Å². The number of guanidine groups is 1. The fraction of sp³-hybridized carbons (Fsp3) is 0.909. The first-order valence-electron chi connectivity index (χ1n) is 5.73. The van der Waals surface area contributed by atoms with E-state index in [1.165, 1.54) is 0 Å². The van der Waals surface area contributed by atoms with Gasteiger partial charge in [0.2, 0.25) is 0 Å². The third-order valence-electron chi connectivity index (χ3n) is 1.81. The third kappa shape index (κ3) is 5.75. The van der Waals surface area contributed by atoms with Gasteiger partial charge in [0.1, 0.15) is 0 Å². The predicted molar refractivity (Wildman–Crippen MR) is 72.7 cm³/mol. The van der Waals surface area contributed by atoms with Crippen LogP contribution in [0.2, 0.25) is 0 Å². The van der Waals surface area contributed by atoms with Gasteiger partial charge in [0.15, 0.2) is 0 Å². The molecule has 0 aliphatic carbocycles. The zero-order valence-electron chi connectivity index (χ0n) is 11.9. The van der Waals surface area contributed by atoms with Crippen LogP contribution in [0.15, 0.2) is 4.99 Å². The van der Waals surface area contributed by atoms with E-state index < -0.39 is 0 Å². The van der Waals surface area contributed by atoms with Crippen LogP contribution in [0.3, 0.4) is 0 Å². The SMILES string of the molecule is CC(C)N=C(N(C)C)[N]([Ge][N](C)C)C(C)C. The van der Waals surface area contributed by atoms with Crippen LogP contribution in [0.4, 0.5) is 0 Å². The Morgan fingerprint density at radius 1 is 1.00 bits per heavy atom. The van der Waals surface area contributed by atoms with Crippen molar-refractivity contribution >= 4 is 21.8 Å². The van der Waals surface area contributed by atoms with Gasteiger partial charge in [-0.25, -0.2) is 0 Å². The Hall–Kier alpha value is -0.227. The van der Waals surface area contributed by atoms with E-state index in [9.17, 15) is 0 Å². The van der Waals surface area contributed by atoms with Crippen LogP contribution in [0.1, 0.15) is 27.7 Å². The summed E-state index contributed by atoms with van der Waals surface area (Å²) in [7, 11) is 8.41. The fourth-order valence-electron chi connectivity index (χ4n) is 1.23. The van der Waals surface area contributed by atoms with Crippen molar-refractivity contribution in [3.05, 3.63) is 0 Å². The van der Waals surface area contributed by atoms with Crippen LogP contribution in [0.25, 0.3) is 0 Å². The van der Waals surface area contributed by atoms with E-state index in [0.29, 0.717) is 12.1 Å². The zero-order valence-corrected chi connectivity index (χ0v) is 14.0. The van der Waals surface area contributed by atoms with E-state index in [2.05, 4.69) is 68.5 Å². The third-order valence-corrected chi connectivity index (χ3v) is 4.61. The van der Waals surface area contributed by atoms with Crippen LogP contribution in [0.5, 0.6) is 0 Å². The number of aliphatic imine (C=N–C) groups is 1. The summed E-state index contributed by atoms with van der Waals surface area (Å²) in [4.78, 5) is 6.84. The molecule has 0 saturated carbocycles. The van der Waals surface area contributed by atoms with E-state index in [4.69, 9.17) is 4.99 Å². The molecular weight excluding hydrogens is 261 g/mol. The van der Waals surface area contributed by atoms with Crippen LogP contribution in [-0.2, 0) is 0 Å². The van der Waals surface area contributed by atoms with Gasteiger partial charge in [-0.15, -0.1) is 0 Å². The van der Waals surface area contributed by atoms with E-state index in [0.717, 1.165) is 5.96 Å². The molecule has 16 heavy (non-hydrogen) atoms. The normalized spacial score (nSPS) is 12.8. The number of nitrogens with zero attached hydrogens (tertiary/aromatic N) is 4. The monoisotopic (exact) mass is 288 g/mol. The molecule has 0 aliphatic rings. The number of rotatable bonds is 4. The van der Waals surface area contributed by atoms with Gasteiger partial charge in [-0.2, -0.15) is 0 Å². The van der Waals surface area contributed by atoms with E-state index >= 15 is 0 Å². The van der Waals surface area contributed by atoms with Crippen molar-refractivity contribution in [3.63, 3.8) is 0 Å². The molecule has 0 N–H and O–H groups in total. The molecule has 0 bridgehead atoms. The molecule has 0 aromatic rings. The van der Waals surface area contributed by atoms with Crippen molar-refractivity contribution in [2.24, 2.45) is 4.99 Å². The minimum atomic E-state index is -0.295. The Morgan fingerprint density at radius 2 is 1.50 bits per heavy atom. The van der Waals surface area contributed by atoms with Crippen LogP contribution < -0.4 is 0 Å². The first-order valence-corrected chi connectivity index (χ1v) is 7.61. The molecule has 0 atom stereocenters. The molecule has 0 rings (SSSR count). The van der Waals surface area contributed by atoms with Gasteiger partial charge in [0, 0.05) is 0 Å². The molecule has 0 amide bonds. The Labute approximate surface area is 108 Å². The molecule has 94 valence electrons. The molecule has 0 heterocycles. The molecule has 0 saturated heterocycles. The van der Waals surface area contributed by atoms with Crippen molar-refractivity contribution in [2.75, 3.05) is 28.2 Å². The summed E-state index contributed by atoms with van der Waals surface area (Å²) in [5.41, 5.74) is 0. The summed E-state index contributed by atoms with van der Waals surface area (Å²) in [6, 6.07) is 0.842. The van der Waals surface area contributed by atoms with Crippen molar-refractivity contribution in [1.29, 1.82) is 0 Å². The first-order chi connectivity index (χ1) is 7.25. The summed E-state index contributed by atoms with van der Waals surface area (Å²) >= 11 is -0.295. The van der Waals surface area contributed by atoms with Gasteiger partial charge < -0.3 is 0 Å². The van der Waals surface area contributed by atoms with Crippen LogP contribution in [-0.4, -0.2) is 74.7 Å². The molecule has 0 aliphatic heterocycles. The summed E-state index contributed by atoms with van der Waals surface area (Å²) in [5.74, 6) is 1.11. The molecule has 2 radical (unpaired) electrons. The van der Waals surface area contributed by atoms with Gasteiger partial charge in [0.05, 0.1) is 0 Å². The second-order valence-electron chi connectivity index (χ2n) is 4.88. The van der Waals surface area contributed by atoms with E-state index in [1.54, 1.807) is 0 Å². The molecule has 0 aromatic heterocycles. The Balaban J connectivity index is 4.95. The van der Waals surface area contributed by atoms with Gasteiger partial charge in [-0.1, -0.05) is 0 Å². The Bertz CT molecular complexity index is 224. The second-order valence-corrected chi connectivity index (χ2v) is 8.18. The molecule has 0 spiro atoms. The molecule has 0 aromatic carbocycles. The average Bonchev–Trinajstić information content (AvgIpc) is 2.09. The van der Waals surface area contributed by atoms with Crippen molar-refractivity contribution in [3.8, 4) is 0 Å². The Morgan fingerprint density at radius 3 is 1.75 bits per heavy atom. The standard InChI is InChI=1S/C11H26GeN4/c1-9(2)13-11(14(5)6)16(10(3)4)12-15(7)8/h9-10H,1-8H3. The van der Waals surface area contributed by atoms with Gasteiger partial charge >= 0.3 is 107 Å². The first kappa shape index (κ1) is 15.8. The minimum absolute atomic E-state index is 0.295. The number of hydrogen-bond donors (Lipinski definition) is 0. The summed E-state index contributed by atoms with van der Waals surface area (Å²) in [5, 5.41) is 0. The predicted octanol–water partition coefficient (Wildman–Crippen LogP) is 1.12. The second kappa shape index (κ2) is 7.17. The van der Waals surface area contributed by atoms with Crippen molar-refractivity contribution in [2.45, 2.75) is 39.8 Å². The van der Waals surface area contributed by atoms with Gasteiger partial charge in [-0.05, 0) is 0 Å². The van der Waals surface area contributed by atoms with E-state index in [-0.39, 0.29) is 15.9 Å². The quantitative estimate of drug-likeness (QED) is 0.439. The molecule has 0 unspecified atom stereocenters. The zero-order chi connectivity index (χ0) is 12.9. The maximum absolute atomic E-state index is 4.72. The maximum atomic E-state index is 4.72. The fourth-order valence-corrected chi connectivity index (χ4v) is 3.35. The molecule has 5 heteroatoms. The molecular formula is C11H26GeN4. The summed E-state index contributed by atoms with van der Waals surface area (Å²) in [6.07, 6.45) is 0. The van der Waals surface area contributed by atoms with Gasteiger partial charge in [0.25, 0.3) is 0 Å². The summed E-state index contributed by atoms with van der Waals surface area (Å²) < 4.78 is 4.72. The van der Waals surface area contributed by atoms with Crippen LogP contribution >= 0.6 is 0 Å². The Kier molecular flexibility index (Phi) is 7.07. The van der Waals surface area contributed by atoms with Crippen LogP contribution in [0, 0.1) is 0 Å². The van der Waals surface area contributed by atoms with Gasteiger partial charge in [-0.3, -0.25) is 0 Å². The van der Waals surface area contributed by atoms with Crippen molar-refractivity contribution < 1.29 is 0 Å². The molecule has 4 nitrogen and oxygen atoms in total. The molecule has 0 fully saturated rings. The number of hydrogen-bond acceptors (Lipinski definition) is 2.